The van der Waals surface area contributed by atoms with Crippen LogP contribution in [0.4, 0.5) is 11.4 Å². The number of carbonyl (C=O) groups excluding carboxylic acids is 1. The third-order valence-electron chi connectivity index (χ3n) is 4.94. The third-order valence-corrected chi connectivity index (χ3v) is 5.83. The molecule has 0 fully saturated rings. The van der Waals surface area contributed by atoms with Crippen LogP contribution in [0.5, 0.6) is 0 Å². The second-order valence-corrected chi connectivity index (χ2v) is 7.64. The van der Waals surface area contributed by atoms with E-state index in [4.69, 9.17) is 0 Å². The first-order chi connectivity index (χ1) is 15.0. The number of carbonyl (C=O) groups is 1. The smallest absolute Gasteiger partial charge is 0.269 e. The van der Waals surface area contributed by atoms with Crippen LogP contribution in [0.2, 0.25) is 0 Å². The molecule has 1 amide bonds. The molecule has 0 saturated carbocycles. The number of amides is 1. The lowest BCUT2D eigenvalue weighted by Crippen LogP contribution is -2.36. The minimum absolute atomic E-state index is 0.0232. The second kappa shape index (κ2) is 8.49. The molecular formula is C22H18N4O4S. The molecule has 0 bridgehead atoms. The third kappa shape index (κ3) is 3.95. The highest BCUT2D eigenvalue weighted by Gasteiger charge is 2.18. The van der Waals surface area contributed by atoms with Gasteiger partial charge < -0.3 is 4.90 Å². The summed E-state index contributed by atoms with van der Waals surface area (Å²) in [7, 11) is 0. The van der Waals surface area contributed by atoms with Gasteiger partial charge in [-0.15, -0.1) is 11.3 Å². The standard InChI is InChI=1S/C22H18N4O4S/c1-2-25(16-6-4-3-5-7-16)19(27)12-24-14-23-21-20(22(24)28)18(13-31-21)15-8-10-17(11-9-15)26(29)30/h3-11,13-14H,2,12H2,1H3. The Labute approximate surface area is 181 Å². The molecule has 0 unspecified atom stereocenters. The molecular weight excluding hydrogens is 416 g/mol. The van der Waals surface area contributed by atoms with Crippen molar-refractivity contribution in [2.45, 2.75) is 13.5 Å². The van der Waals surface area contributed by atoms with Crippen LogP contribution in [0.25, 0.3) is 21.3 Å². The predicted octanol–water partition coefficient (Wildman–Crippen LogP) is 4.09. The first-order valence-electron chi connectivity index (χ1n) is 9.56. The molecule has 9 heteroatoms. The van der Waals surface area contributed by atoms with Crippen molar-refractivity contribution in [3.63, 3.8) is 0 Å². The van der Waals surface area contributed by atoms with E-state index in [-0.39, 0.29) is 23.7 Å². The van der Waals surface area contributed by atoms with Gasteiger partial charge in [0.25, 0.3) is 11.2 Å². The van der Waals surface area contributed by atoms with E-state index in [1.54, 1.807) is 22.4 Å². The number of likely N-dealkylation sites (N-methyl/N-ethyl adjacent to an activating group) is 1. The van der Waals surface area contributed by atoms with E-state index in [0.717, 1.165) is 5.69 Å². The number of non-ortho nitro benzene ring substituents is 1. The summed E-state index contributed by atoms with van der Waals surface area (Å²) in [6, 6.07) is 15.3. The lowest BCUT2D eigenvalue weighted by atomic mass is 10.1. The number of thiophene rings is 1. The maximum absolute atomic E-state index is 13.2. The normalized spacial score (nSPS) is 10.9. The topological polar surface area (TPSA) is 98.3 Å². The van der Waals surface area contributed by atoms with Gasteiger partial charge in [0.1, 0.15) is 11.4 Å². The number of anilines is 1. The fourth-order valence-corrected chi connectivity index (χ4v) is 4.30. The zero-order valence-corrected chi connectivity index (χ0v) is 17.4. The van der Waals surface area contributed by atoms with Gasteiger partial charge in [-0.25, -0.2) is 4.98 Å². The van der Waals surface area contributed by atoms with E-state index in [2.05, 4.69) is 4.98 Å². The molecule has 0 aliphatic rings. The molecule has 0 saturated heterocycles. The Morgan fingerprint density at radius 3 is 2.52 bits per heavy atom. The van der Waals surface area contributed by atoms with Gasteiger partial charge in [-0.3, -0.25) is 24.3 Å². The summed E-state index contributed by atoms with van der Waals surface area (Å²) in [6.07, 6.45) is 1.39. The van der Waals surface area contributed by atoms with Crippen molar-refractivity contribution in [3.05, 3.63) is 86.8 Å². The molecule has 8 nitrogen and oxygen atoms in total. The van der Waals surface area contributed by atoms with Crippen molar-refractivity contribution in [2.24, 2.45) is 0 Å². The van der Waals surface area contributed by atoms with Crippen molar-refractivity contribution in [1.29, 1.82) is 0 Å². The highest BCUT2D eigenvalue weighted by molar-refractivity contribution is 7.17. The van der Waals surface area contributed by atoms with E-state index in [0.29, 0.717) is 27.9 Å². The second-order valence-electron chi connectivity index (χ2n) is 6.78. The van der Waals surface area contributed by atoms with Crippen molar-refractivity contribution in [2.75, 3.05) is 11.4 Å². The molecule has 156 valence electrons. The van der Waals surface area contributed by atoms with Crippen LogP contribution < -0.4 is 10.5 Å². The lowest BCUT2D eigenvalue weighted by molar-refractivity contribution is -0.384. The summed E-state index contributed by atoms with van der Waals surface area (Å²) in [5.74, 6) is -0.218. The first-order valence-corrected chi connectivity index (χ1v) is 10.4. The zero-order valence-electron chi connectivity index (χ0n) is 16.6. The van der Waals surface area contributed by atoms with E-state index in [1.165, 1.54) is 34.4 Å². The van der Waals surface area contributed by atoms with Gasteiger partial charge in [0.2, 0.25) is 5.91 Å². The Bertz CT molecular complexity index is 1310. The van der Waals surface area contributed by atoms with Crippen molar-refractivity contribution in [3.8, 4) is 11.1 Å². The number of nitro groups is 1. The van der Waals surface area contributed by atoms with Gasteiger partial charge in [-0.1, -0.05) is 18.2 Å². The fraction of sp³-hybridized carbons (Fsp3) is 0.136. The minimum Gasteiger partial charge on any atom is -0.311 e. The van der Waals surface area contributed by atoms with Crippen molar-refractivity contribution < 1.29 is 9.72 Å². The van der Waals surface area contributed by atoms with Gasteiger partial charge in [0.15, 0.2) is 0 Å². The van der Waals surface area contributed by atoms with Crippen LogP contribution >= 0.6 is 11.3 Å². The van der Waals surface area contributed by atoms with Crippen LogP contribution in [0.1, 0.15) is 6.92 Å². The monoisotopic (exact) mass is 434 g/mol. The number of hydrogen-bond donors (Lipinski definition) is 0. The number of benzene rings is 2. The molecule has 0 atom stereocenters. The van der Waals surface area contributed by atoms with E-state index < -0.39 is 4.92 Å². The summed E-state index contributed by atoms with van der Waals surface area (Å²) >= 11 is 1.32. The van der Waals surface area contributed by atoms with Crippen LogP contribution in [0.15, 0.2) is 71.1 Å². The summed E-state index contributed by atoms with van der Waals surface area (Å²) < 4.78 is 1.30. The molecule has 31 heavy (non-hydrogen) atoms. The lowest BCUT2D eigenvalue weighted by Gasteiger charge is -2.21. The Morgan fingerprint density at radius 1 is 1.16 bits per heavy atom. The molecule has 2 aromatic heterocycles. The summed E-state index contributed by atoms with van der Waals surface area (Å²) in [6.45, 7) is 2.21. The minimum atomic E-state index is -0.470. The molecule has 4 rings (SSSR count). The molecule has 0 N–H and O–H groups in total. The maximum atomic E-state index is 13.2. The Morgan fingerprint density at radius 2 is 1.87 bits per heavy atom. The quantitative estimate of drug-likeness (QED) is 0.336. The van der Waals surface area contributed by atoms with E-state index in [1.807, 2.05) is 37.3 Å². The summed E-state index contributed by atoms with van der Waals surface area (Å²) in [5.41, 5.74) is 1.74. The van der Waals surface area contributed by atoms with Crippen molar-refractivity contribution >= 4 is 38.8 Å². The Balaban J connectivity index is 1.69. The van der Waals surface area contributed by atoms with Gasteiger partial charge in [-0.05, 0) is 36.8 Å². The fourth-order valence-electron chi connectivity index (χ4n) is 3.40. The number of rotatable bonds is 6. The highest BCUT2D eigenvalue weighted by atomic mass is 32.1. The van der Waals surface area contributed by atoms with Crippen LogP contribution in [-0.4, -0.2) is 26.9 Å². The van der Waals surface area contributed by atoms with Crippen LogP contribution in [0, 0.1) is 10.1 Å². The number of hydrogen-bond acceptors (Lipinski definition) is 6. The molecule has 2 heterocycles. The number of nitrogens with zero attached hydrogens (tertiary/aromatic N) is 4. The Hall–Kier alpha value is -3.85. The largest absolute Gasteiger partial charge is 0.311 e. The summed E-state index contributed by atoms with van der Waals surface area (Å²) in [4.78, 5) is 43.0. The van der Waals surface area contributed by atoms with Crippen molar-refractivity contribution in [1.82, 2.24) is 9.55 Å². The first kappa shape index (κ1) is 20.4. The SMILES string of the molecule is CCN(C(=O)Cn1cnc2scc(-c3ccc([N+](=O)[O-])cc3)c2c1=O)c1ccccc1. The van der Waals surface area contributed by atoms with Gasteiger partial charge >= 0.3 is 0 Å². The van der Waals surface area contributed by atoms with Gasteiger partial charge in [-0.2, -0.15) is 0 Å². The average Bonchev–Trinajstić information content (AvgIpc) is 3.22. The van der Waals surface area contributed by atoms with Crippen LogP contribution in [-0.2, 0) is 11.3 Å². The number of para-hydroxylation sites is 1. The highest BCUT2D eigenvalue weighted by Crippen LogP contribution is 2.31. The molecule has 2 aromatic carbocycles. The number of aromatic nitrogens is 2. The summed E-state index contributed by atoms with van der Waals surface area (Å²) in [5, 5.41) is 13.1. The number of nitro benzene ring substituents is 1. The predicted molar refractivity (Wildman–Crippen MR) is 120 cm³/mol. The zero-order chi connectivity index (χ0) is 22.0. The number of fused-ring (bicyclic) bond motifs is 1. The molecule has 0 spiro atoms. The van der Waals surface area contributed by atoms with Crippen LogP contribution in [0.3, 0.4) is 0 Å². The molecule has 0 radical (unpaired) electrons. The van der Waals surface area contributed by atoms with Gasteiger partial charge in [0.05, 0.1) is 16.6 Å². The average molecular weight is 434 g/mol. The van der Waals surface area contributed by atoms with Gasteiger partial charge in [0, 0.05) is 35.3 Å². The van der Waals surface area contributed by atoms with E-state index in [9.17, 15) is 19.7 Å². The molecule has 0 aliphatic carbocycles. The molecule has 0 aliphatic heterocycles. The Kier molecular flexibility index (Phi) is 5.59. The molecule has 4 aromatic rings. The maximum Gasteiger partial charge on any atom is 0.269 e. The van der Waals surface area contributed by atoms with E-state index >= 15 is 0 Å².